The molecule has 4 unspecified atom stereocenters. The lowest BCUT2D eigenvalue weighted by Gasteiger charge is -2.29. The summed E-state index contributed by atoms with van der Waals surface area (Å²) in [7, 11) is -16.8. The molecule has 0 saturated carbocycles. The molecule has 1 aliphatic rings. The van der Waals surface area contributed by atoms with Crippen LogP contribution in [0, 0.1) is 0 Å². The smallest absolute Gasteiger partial charge is 0.394 e. The first-order valence-electron chi connectivity index (χ1n) is 8.66. The number of ether oxygens (including phenoxy) is 1. The quantitative estimate of drug-likeness (QED) is 0.103. The van der Waals surface area contributed by atoms with Crippen LogP contribution in [0.4, 0.5) is 5.82 Å². The minimum atomic E-state index is -5.72. The number of anilines is 1. The van der Waals surface area contributed by atoms with Gasteiger partial charge in [-0.25, -0.2) is 18.7 Å². The summed E-state index contributed by atoms with van der Waals surface area (Å²) >= 11 is 5.13. The second-order valence-electron chi connectivity index (χ2n) is 6.36. The fourth-order valence-electron chi connectivity index (χ4n) is 2.49. The van der Waals surface area contributed by atoms with E-state index in [4.69, 9.17) is 32.5 Å². The summed E-state index contributed by atoms with van der Waals surface area (Å²) in [5.74, 6) is 0.351. The van der Waals surface area contributed by atoms with Crippen molar-refractivity contribution >= 4 is 46.5 Å². The van der Waals surface area contributed by atoms with Gasteiger partial charge < -0.3 is 45.2 Å². The summed E-state index contributed by atoms with van der Waals surface area (Å²) in [5, 5.41) is 24.8. The first-order chi connectivity index (χ1) is 15.0. The zero-order valence-corrected chi connectivity index (χ0v) is 20.1. The van der Waals surface area contributed by atoms with Gasteiger partial charge >= 0.3 is 23.5 Å². The summed E-state index contributed by atoms with van der Waals surface area (Å²) in [6.45, 7) is -0.391. The minimum Gasteiger partial charge on any atom is -0.394 e. The number of nitrogens with zero attached hydrogens (tertiary/aromatic N) is 2. The van der Waals surface area contributed by atoms with Crippen LogP contribution < -0.4 is 16.4 Å². The Labute approximate surface area is 191 Å². The van der Waals surface area contributed by atoms with Crippen LogP contribution >= 0.6 is 35.7 Å². The van der Waals surface area contributed by atoms with E-state index in [0.717, 1.165) is 0 Å². The van der Waals surface area contributed by atoms with Crippen molar-refractivity contribution in [2.45, 2.75) is 31.6 Å². The molecule has 22 heteroatoms. The maximum absolute atomic E-state index is 11.9. The Bertz CT molecular complexity index is 1000. The molecule has 0 bridgehead atoms. The standard InChI is InChI=1S/C11H22N5O13P3S/c1-5(16-4-13-8-9(16)14-11(12)15-10(8)33)27-7(6(18)2-17)3-26-31(22,23)29-32(24,25)28-30(19,20)21/h4-7,11,14,17-18H,2-3,12H2,1H3,(H,15,33)(H,22,23)(H,24,25)(H2,19,20,21)/t5?,6-,7-,11?/m1/s1. The third kappa shape index (κ3) is 8.40. The summed E-state index contributed by atoms with van der Waals surface area (Å²) in [6.07, 6.45) is -3.57. The van der Waals surface area contributed by atoms with Gasteiger partial charge in [-0.05, 0) is 6.92 Å². The van der Waals surface area contributed by atoms with Gasteiger partial charge in [-0.15, -0.1) is 0 Å². The average Bonchev–Trinajstić information content (AvgIpc) is 3.05. The number of phosphoric acid groups is 3. The number of imidazole rings is 1. The molecule has 0 aliphatic carbocycles. The van der Waals surface area contributed by atoms with E-state index in [0.29, 0.717) is 11.5 Å². The maximum Gasteiger partial charge on any atom is 0.490 e. The number of rotatable bonds is 12. The molecule has 33 heavy (non-hydrogen) atoms. The van der Waals surface area contributed by atoms with E-state index in [2.05, 4.69) is 28.8 Å². The van der Waals surface area contributed by atoms with Crippen molar-refractivity contribution in [3.63, 3.8) is 0 Å². The number of fused-ring (bicyclic) bond motifs is 1. The van der Waals surface area contributed by atoms with Gasteiger partial charge in [-0.3, -0.25) is 14.8 Å². The molecular formula is C11H22N5O13P3S. The van der Waals surface area contributed by atoms with E-state index >= 15 is 0 Å². The molecule has 2 rings (SSSR count). The van der Waals surface area contributed by atoms with Gasteiger partial charge in [-0.2, -0.15) is 8.62 Å². The zero-order chi connectivity index (χ0) is 25.2. The van der Waals surface area contributed by atoms with Crippen LogP contribution in [0.15, 0.2) is 6.33 Å². The van der Waals surface area contributed by atoms with Gasteiger partial charge in [0, 0.05) is 0 Å². The second-order valence-corrected chi connectivity index (χ2v) is 11.2. The summed E-state index contributed by atoms with van der Waals surface area (Å²) in [4.78, 5) is 40.2. The molecule has 1 aromatic heterocycles. The first kappa shape index (κ1) is 28.4. The Hall–Kier alpha value is -0.850. The van der Waals surface area contributed by atoms with Crippen LogP contribution in [0.3, 0.4) is 0 Å². The summed E-state index contributed by atoms with van der Waals surface area (Å²) in [6, 6.07) is 0. The molecule has 0 radical (unpaired) electrons. The molecular weight excluding hydrogens is 535 g/mol. The monoisotopic (exact) mass is 557 g/mol. The Kier molecular flexibility index (Phi) is 9.31. The average molecular weight is 557 g/mol. The Morgan fingerprint density at radius 1 is 1.21 bits per heavy atom. The highest BCUT2D eigenvalue weighted by Crippen LogP contribution is 2.66. The number of aliphatic hydroxyl groups is 2. The van der Waals surface area contributed by atoms with Gasteiger partial charge in [0.2, 0.25) is 0 Å². The largest absolute Gasteiger partial charge is 0.490 e. The Morgan fingerprint density at radius 3 is 2.42 bits per heavy atom. The molecule has 0 fully saturated rings. The van der Waals surface area contributed by atoms with E-state index < -0.39 is 61.4 Å². The van der Waals surface area contributed by atoms with E-state index in [9.17, 15) is 33.7 Å². The highest BCUT2D eigenvalue weighted by Gasteiger charge is 2.41. The molecule has 0 saturated heterocycles. The first-order valence-corrected chi connectivity index (χ1v) is 13.6. The molecule has 190 valence electrons. The highest BCUT2D eigenvalue weighted by atomic mass is 32.1. The van der Waals surface area contributed by atoms with Crippen molar-refractivity contribution < 1.29 is 61.4 Å². The normalized spacial score (nSPS) is 22.8. The topological polar surface area (TPSA) is 277 Å². The molecule has 1 aromatic rings. The lowest BCUT2D eigenvalue weighted by molar-refractivity contribution is -0.124. The maximum atomic E-state index is 11.9. The van der Waals surface area contributed by atoms with Gasteiger partial charge in [0.25, 0.3) is 0 Å². The molecule has 1 aliphatic heterocycles. The van der Waals surface area contributed by atoms with Crippen molar-refractivity contribution in [2.75, 3.05) is 18.5 Å². The predicted octanol–water partition coefficient (Wildman–Crippen LogP) is -1.58. The number of nitrogens with one attached hydrogen (secondary N) is 2. The van der Waals surface area contributed by atoms with Gasteiger partial charge in [0.05, 0.1) is 19.5 Å². The number of thiocarbonyl (C=S) groups is 1. The van der Waals surface area contributed by atoms with Crippen molar-refractivity contribution in [3.8, 4) is 0 Å². The minimum absolute atomic E-state index is 0.252. The fraction of sp³-hybridized carbons (Fsp3) is 0.636. The van der Waals surface area contributed by atoms with Gasteiger partial charge in [0.1, 0.15) is 34.9 Å². The molecule has 6 atom stereocenters. The molecule has 10 N–H and O–H groups in total. The van der Waals surface area contributed by atoms with Crippen molar-refractivity contribution in [1.82, 2.24) is 14.9 Å². The van der Waals surface area contributed by atoms with E-state index in [1.54, 1.807) is 0 Å². The van der Waals surface area contributed by atoms with Crippen LogP contribution in [0.1, 0.15) is 18.8 Å². The third-order valence-corrected chi connectivity index (χ3v) is 7.90. The lowest BCUT2D eigenvalue weighted by atomic mass is 10.2. The number of aromatic nitrogens is 2. The molecule has 0 amide bonds. The molecule has 0 spiro atoms. The Balaban J connectivity index is 2.10. The second kappa shape index (κ2) is 10.8. The molecule has 18 nitrogen and oxygen atoms in total. The van der Waals surface area contributed by atoms with E-state index in [1.807, 2.05) is 0 Å². The molecule has 2 heterocycles. The number of nitrogens with two attached hydrogens (primary N) is 1. The summed E-state index contributed by atoms with van der Waals surface area (Å²) < 4.78 is 52.6. The Morgan fingerprint density at radius 2 is 1.85 bits per heavy atom. The van der Waals surface area contributed by atoms with Crippen molar-refractivity contribution in [2.24, 2.45) is 5.73 Å². The van der Waals surface area contributed by atoms with Crippen LogP contribution in [0.5, 0.6) is 0 Å². The van der Waals surface area contributed by atoms with Crippen LogP contribution in [-0.4, -0.2) is 76.0 Å². The van der Waals surface area contributed by atoms with Crippen molar-refractivity contribution in [3.05, 3.63) is 12.0 Å². The highest BCUT2D eigenvalue weighted by molar-refractivity contribution is 7.80. The zero-order valence-electron chi connectivity index (χ0n) is 16.6. The van der Waals surface area contributed by atoms with Crippen LogP contribution in [0.25, 0.3) is 0 Å². The van der Waals surface area contributed by atoms with E-state index in [-0.39, 0.29) is 4.99 Å². The molecule has 0 aromatic carbocycles. The van der Waals surface area contributed by atoms with E-state index in [1.165, 1.54) is 17.8 Å². The van der Waals surface area contributed by atoms with Crippen molar-refractivity contribution in [1.29, 1.82) is 0 Å². The van der Waals surface area contributed by atoms with Gasteiger partial charge in [0.15, 0.2) is 6.29 Å². The number of hydrogen-bond donors (Lipinski definition) is 9. The van der Waals surface area contributed by atoms with Crippen LogP contribution in [-0.2, 0) is 31.6 Å². The predicted molar refractivity (Wildman–Crippen MR) is 111 cm³/mol. The van der Waals surface area contributed by atoms with Gasteiger partial charge in [-0.1, -0.05) is 12.2 Å². The third-order valence-electron chi connectivity index (χ3n) is 3.79. The number of hydrogen-bond acceptors (Lipinski definition) is 13. The number of aliphatic hydroxyl groups excluding tert-OH is 2. The van der Waals surface area contributed by atoms with Crippen LogP contribution in [0.2, 0.25) is 0 Å². The number of phosphoric ester groups is 1. The lowest BCUT2D eigenvalue weighted by Crippen LogP contribution is -2.51. The fourth-order valence-corrected chi connectivity index (χ4v) is 5.79. The summed E-state index contributed by atoms with van der Waals surface area (Å²) in [5.41, 5.74) is 6.11. The SMILES string of the molecule is CC(O[C@H](COP(=O)(O)OP(=O)(O)OP(=O)(O)O)[C@H](O)CO)n1cnc2c1NC(N)NC2=S.